The summed E-state index contributed by atoms with van der Waals surface area (Å²) in [4.78, 5) is 81.4. The molecular formula is C35H63N5O9. The number of unbranched alkanes of at least 4 members (excludes halogenated alkanes) is 7. The number of nitrogens with zero attached hydrogens (tertiary/aromatic N) is 1. The van der Waals surface area contributed by atoms with Gasteiger partial charge in [-0.2, -0.15) is 0 Å². The van der Waals surface area contributed by atoms with E-state index in [0.29, 0.717) is 19.3 Å². The molecule has 1 aliphatic rings. The highest BCUT2D eigenvalue weighted by Gasteiger charge is 2.38. The zero-order valence-corrected chi connectivity index (χ0v) is 30.7. The minimum Gasteiger partial charge on any atom is -0.460 e. The molecule has 14 nitrogen and oxygen atoms in total. The molecule has 5 amide bonds. The van der Waals surface area contributed by atoms with Gasteiger partial charge in [0.2, 0.25) is 29.5 Å². The molecule has 1 saturated heterocycles. The number of amides is 5. The number of aliphatic hydroxyl groups is 2. The molecule has 14 heteroatoms. The van der Waals surface area contributed by atoms with Crippen LogP contribution in [0, 0.1) is 17.8 Å². The number of esters is 1. The topological polar surface area (TPSA) is 203 Å². The molecule has 0 radical (unpaired) electrons. The van der Waals surface area contributed by atoms with Crippen molar-refractivity contribution in [2.45, 2.75) is 142 Å². The monoisotopic (exact) mass is 697 g/mol. The number of rotatable bonds is 15. The Morgan fingerprint density at radius 1 is 0.776 bits per heavy atom. The molecule has 7 atom stereocenters. The van der Waals surface area contributed by atoms with Gasteiger partial charge in [-0.05, 0) is 31.1 Å². The van der Waals surface area contributed by atoms with Crippen LogP contribution < -0.4 is 21.3 Å². The molecule has 1 heterocycles. The van der Waals surface area contributed by atoms with E-state index in [2.05, 4.69) is 28.2 Å². The summed E-state index contributed by atoms with van der Waals surface area (Å²) in [6, 6.07) is -5.10. The molecule has 0 aromatic rings. The third kappa shape index (κ3) is 15.0. The number of ether oxygens (including phenoxy) is 1. The summed E-state index contributed by atoms with van der Waals surface area (Å²) < 4.78 is 5.76. The standard InChI is InChI=1S/C35H63N5O9/c1-8-10-11-12-13-14-15-16-17-28-24(6)35(48)40(7)27(18-22(3)4)33(46)39-30(23(5)9-2)34(47)38-26(21-42)32(45)37-25(20-41)31(44)36-19-29(43)49-28/h22-28,30,41-42H,8-21H2,1-7H3,(H,36,44)(H,37,45)(H,38,47)(H,39,46)/t23-,24+,25-,26-,27-,28+,30-/m0/s1. The summed E-state index contributed by atoms with van der Waals surface area (Å²) in [5.41, 5.74) is 0. The molecule has 0 bridgehead atoms. The van der Waals surface area contributed by atoms with Gasteiger partial charge in [-0.1, -0.05) is 92.9 Å². The number of hydrogen-bond donors (Lipinski definition) is 6. The second-order valence-electron chi connectivity index (χ2n) is 13.8. The first kappa shape index (κ1) is 43.8. The van der Waals surface area contributed by atoms with Crippen molar-refractivity contribution in [3.05, 3.63) is 0 Å². The molecule has 0 saturated carbocycles. The Kier molecular flexibility index (Phi) is 20.7. The van der Waals surface area contributed by atoms with Gasteiger partial charge in [0.25, 0.3) is 0 Å². The highest BCUT2D eigenvalue weighted by molar-refractivity contribution is 5.96. The Morgan fingerprint density at radius 2 is 1.33 bits per heavy atom. The lowest BCUT2D eigenvalue weighted by molar-refractivity contribution is -0.157. The predicted molar refractivity (Wildman–Crippen MR) is 185 cm³/mol. The van der Waals surface area contributed by atoms with Gasteiger partial charge in [0, 0.05) is 7.05 Å². The summed E-state index contributed by atoms with van der Waals surface area (Å²) in [6.07, 6.45) is 8.72. The molecule has 1 aliphatic heterocycles. The number of carbonyl (C=O) groups is 6. The average molecular weight is 698 g/mol. The number of aliphatic hydroxyl groups excluding tert-OH is 2. The second kappa shape index (κ2) is 23.2. The molecule has 0 aromatic heterocycles. The molecular weight excluding hydrogens is 634 g/mol. The van der Waals surface area contributed by atoms with Crippen molar-refractivity contribution in [1.82, 2.24) is 26.2 Å². The van der Waals surface area contributed by atoms with Crippen LogP contribution in [0.2, 0.25) is 0 Å². The molecule has 1 fully saturated rings. The van der Waals surface area contributed by atoms with Gasteiger partial charge in [0.1, 0.15) is 36.8 Å². The Labute approximate surface area is 292 Å². The number of cyclic esters (lactones) is 1. The van der Waals surface area contributed by atoms with Crippen LogP contribution in [-0.2, 0) is 33.5 Å². The fraction of sp³-hybridized carbons (Fsp3) is 0.829. The first-order valence-electron chi connectivity index (χ1n) is 18.1. The van der Waals surface area contributed by atoms with E-state index < -0.39 is 97.4 Å². The fourth-order valence-electron chi connectivity index (χ4n) is 5.78. The molecule has 6 N–H and O–H groups in total. The molecule has 0 aliphatic carbocycles. The first-order valence-corrected chi connectivity index (χ1v) is 18.1. The Balaban J connectivity index is 3.46. The Morgan fingerprint density at radius 3 is 1.88 bits per heavy atom. The third-order valence-corrected chi connectivity index (χ3v) is 9.22. The van der Waals surface area contributed by atoms with Gasteiger partial charge < -0.3 is 41.1 Å². The maximum Gasteiger partial charge on any atom is 0.325 e. The van der Waals surface area contributed by atoms with Crippen molar-refractivity contribution in [3.63, 3.8) is 0 Å². The number of hydrogen-bond acceptors (Lipinski definition) is 9. The van der Waals surface area contributed by atoms with E-state index in [1.807, 2.05) is 20.8 Å². The molecule has 0 unspecified atom stereocenters. The Hall–Kier alpha value is -3.26. The summed E-state index contributed by atoms with van der Waals surface area (Å²) in [5.74, 6) is -5.61. The summed E-state index contributed by atoms with van der Waals surface area (Å²) in [5, 5.41) is 29.6. The average Bonchev–Trinajstić information content (AvgIpc) is 3.08. The first-order chi connectivity index (χ1) is 23.2. The predicted octanol–water partition coefficient (Wildman–Crippen LogP) is 1.55. The highest BCUT2D eigenvalue weighted by Crippen LogP contribution is 2.22. The lowest BCUT2D eigenvalue weighted by atomic mass is 9.94. The van der Waals surface area contributed by atoms with Crippen molar-refractivity contribution < 1.29 is 43.7 Å². The maximum atomic E-state index is 14.0. The van der Waals surface area contributed by atoms with Crippen LogP contribution in [0.3, 0.4) is 0 Å². The fourth-order valence-corrected chi connectivity index (χ4v) is 5.78. The van der Waals surface area contributed by atoms with Gasteiger partial charge in [-0.3, -0.25) is 28.8 Å². The number of nitrogens with one attached hydrogen (secondary N) is 4. The zero-order valence-electron chi connectivity index (χ0n) is 30.7. The summed E-state index contributed by atoms with van der Waals surface area (Å²) in [6.45, 7) is 8.95. The van der Waals surface area contributed by atoms with Crippen LogP contribution in [-0.4, -0.2) is 108 Å². The van der Waals surface area contributed by atoms with Gasteiger partial charge in [0.05, 0.1) is 19.1 Å². The zero-order chi connectivity index (χ0) is 37.1. The minimum atomic E-state index is -1.52. The molecule has 282 valence electrons. The van der Waals surface area contributed by atoms with E-state index in [0.717, 1.165) is 25.7 Å². The minimum absolute atomic E-state index is 0.00436. The van der Waals surface area contributed by atoms with Crippen LogP contribution in [0.5, 0.6) is 0 Å². The smallest absolute Gasteiger partial charge is 0.325 e. The maximum absolute atomic E-state index is 14.0. The van der Waals surface area contributed by atoms with Gasteiger partial charge in [-0.25, -0.2) is 0 Å². The van der Waals surface area contributed by atoms with Crippen molar-refractivity contribution >= 4 is 35.5 Å². The second-order valence-corrected chi connectivity index (χ2v) is 13.8. The van der Waals surface area contributed by atoms with Crippen LogP contribution in [0.15, 0.2) is 0 Å². The van der Waals surface area contributed by atoms with Crippen LogP contribution in [0.1, 0.15) is 112 Å². The van der Waals surface area contributed by atoms with Gasteiger partial charge >= 0.3 is 5.97 Å². The molecule has 1 rings (SSSR count). The van der Waals surface area contributed by atoms with E-state index in [4.69, 9.17) is 4.74 Å². The van der Waals surface area contributed by atoms with Gasteiger partial charge in [-0.15, -0.1) is 0 Å². The quantitative estimate of drug-likeness (QED) is 0.108. The van der Waals surface area contributed by atoms with Crippen molar-refractivity contribution in [1.29, 1.82) is 0 Å². The largest absolute Gasteiger partial charge is 0.460 e. The SMILES string of the molecule is CCCCCCCCCC[C@H]1OC(=O)CNC(=O)[C@H](CO)NC(=O)[C@H](CO)NC(=O)[C@H]([C@@H](C)CC)NC(=O)[C@H](CC(C)C)N(C)C(=O)[C@@H]1C. The van der Waals surface area contributed by atoms with E-state index in [1.165, 1.54) is 31.2 Å². The summed E-state index contributed by atoms with van der Waals surface area (Å²) >= 11 is 0. The van der Waals surface area contributed by atoms with Crippen molar-refractivity contribution in [2.24, 2.45) is 17.8 Å². The van der Waals surface area contributed by atoms with Crippen LogP contribution >= 0.6 is 0 Å². The van der Waals surface area contributed by atoms with Crippen LogP contribution in [0.4, 0.5) is 0 Å². The van der Waals surface area contributed by atoms with Gasteiger partial charge in [0.15, 0.2) is 0 Å². The number of carbonyl (C=O) groups excluding carboxylic acids is 6. The van der Waals surface area contributed by atoms with E-state index >= 15 is 0 Å². The number of likely N-dealkylation sites (N-methyl/N-ethyl adjacent to an activating group) is 1. The highest BCUT2D eigenvalue weighted by atomic mass is 16.5. The van der Waals surface area contributed by atoms with E-state index in [9.17, 15) is 39.0 Å². The van der Waals surface area contributed by atoms with E-state index in [1.54, 1.807) is 13.8 Å². The Bertz CT molecular complexity index is 1070. The molecule has 49 heavy (non-hydrogen) atoms. The van der Waals surface area contributed by atoms with Crippen molar-refractivity contribution in [2.75, 3.05) is 26.8 Å². The lowest BCUT2D eigenvalue weighted by Crippen LogP contribution is -2.61. The normalized spacial score (nSPS) is 26.1. The van der Waals surface area contributed by atoms with Crippen LogP contribution in [0.25, 0.3) is 0 Å². The molecule has 0 aromatic carbocycles. The summed E-state index contributed by atoms with van der Waals surface area (Å²) in [7, 11) is 1.52. The molecule has 0 spiro atoms. The van der Waals surface area contributed by atoms with Crippen molar-refractivity contribution in [3.8, 4) is 0 Å². The third-order valence-electron chi connectivity index (χ3n) is 9.22. The lowest BCUT2D eigenvalue weighted by Gasteiger charge is -2.34. The van der Waals surface area contributed by atoms with E-state index in [-0.39, 0.29) is 12.3 Å².